The van der Waals surface area contributed by atoms with E-state index >= 15 is 0 Å². The van der Waals surface area contributed by atoms with E-state index in [1.165, 1.54) is 5.56 Å². The summed E-state index contributed by atoms with van der Waals surface area (Å²) in [6.07, 6.45) is 4.50. The molecule has 0 saturated carbocycles. The lowest BCUT2D eigenvalue weighted by Gasteiger charge is -2.08. The van der Waals surface area contributed by atoms with Crippen molar-refractivity contribution in [1.29, 1.82) is 0 Å². The molecule has 2 N–H and O–H groups in total. The highest BCUT2D eigenvalue weighted by Crippen LogP contribution is 2.16. The SMILES string of the molecule is CC(N)c1ccc(OCCc2cccnc2)cc1. The number of nitrogens with zero attached hydrogens (tertiary/aromatic N) is 1. The number of pyridine rings is 1. The van der Waals surface area contributed by atoms with Crippen LogP contribution in [0.4, 0.5) is 0 Å². The maximum absolute atomic E-state index is 5.79. The summed E-state index contributed by atoms with van der Waals surface area (Å²) < 4.78 is 5.68. The van der Waals surface area contributed by atoms with Crippen molar-refractivity contribution in [2.24, 2.45) is 5.73 Å². The lowest BCUT2D eigenvalue weighted by molar-refractivity contribution is 0.321. The minimum atomic E-state index is 0.0643. The molecule has 1 aromatic carbocycles. The molecule has 2 aromatic rings. The zero-order valence-corrected chi connectivity index (χ0v) is 10.5. The van der Waals surface area contributed by atoms with Gasteiger partial charge in [-0.1, -0.05) is 18.2 Å². The largest absolute Gasteiger partial charge is 0.493 e. The lowest BCUT2D eigenvalue weighted by Crippen LogP contribution is -2.05. The van der Waals surface area contributed by atoms with Gasteiger partial charge < -0.3 is 10.5 Å². The smallest absolute Gasteiger partial charge is 0.119 e. The monoisotopic (exact) mass is 242 g/mol. The van der Waals surface area contributed by atoms with Gasteiger partial charge in [-0.25, -0.2) is 0 Å². The van der Waals surface area contributed by atoms with Gasteiger partial charge in [0, 0.05) is 24.9 Å². The van der Waals surface area contributed by atoms with Crippen molar-refractivity contribution in [1.82, 2.24) is 4.98 Å². The van der Waals surface area contributed by atoms with Crippen LogP contribution in [0.1, 0.15) is 24.1 Å². The second kappa shape index (κ2) is 6.17. The fourth-order valence-electron chi connectivity index (χ4n) is 1.70. The van der Waals surface area contributed by atoms with Gasteiger partial charge in [0.25, 0.3) is 0 Å². The zero-order valence-electron chi connectivity index (χ0n) is 10.5. The number of hydrogen-bond acceptors (Lipinski definition) is 3. The molecule has 0 aliphatic rings. The maximum Gasteiger partial charge on any atom is 0.119 e. The predicted octanol–water partition coefficient (Wildman–Crippen LogP) is 2.72. The van der Waals surface area contributed by atoms with Crippen LogP contribution in [0.15, 0.2) is 48.8 Å². The highest BCUT2D eigenvalue weighted by Gasteiger charge is 2.00. The Kier molecular flexibility index (Phi) is 4.31. The molecule has 0 aliphatic carbocycles. The van der Waals surface area contributed by atoms with E-state index in [0.717, 1.165) is 17.7 Å². The zero-order chi connectivity index (χ0) is 12.8. The molecule has 1 heterocycles. The summed E-state index contributed by atoms with van der Waals surface area (Å²) in [6.45, 7) is 2.63. The fraction of sp³-hybridized carbons (Fsp3) is 0.267. The van der Waals surface area contributed by atoms with Gasteiger partial charge in [0.15, 0.2) is 0 Å². The first-order chi connectivity index (χ1) is 8.75. The molecule has 0 amide bonds. The van der Waals surface area contributed by atoms with Crippen molar-refractivity contribution < 1.29 is 4.74 Å². The van der Waals surface area contributed by atoms with Crippen molar-refractivity contribution in [3.8, 4) is 5.75 Å². The van der Waals surface area contributed by atoms with E-state index in [9.17, 15) is 0 Å². The molecule has 1 unspecified atom stereocenters. The van der Waals surface area contributed by atoms with Crippen molar-refractivity contribution in [3.05, 3.63) is 59.9 Å². The standard InChI is InChI=1S/C15H18N2O/c1-12(16)14-4-6-15(7-5-14)18-10-8-13-3-2-9-17-11-13/h2-7,9,11-12H,8,10,16H2,1H3. The van der Waals surface area contributed by atoms with Crippen molar-refractivity contribution in [2.75, 3.05) is 6.61 Å². The van der Waals surface area contributed by atoms with Gasteiger partial charge in [-0.05, 0) is 36.2 Å². The molecule has 0 spiro atoms. The lowest BCUT2D eigenvalue weighted by atomic mass is 10.1. The maximum atomic E-state index is 5.79. The van der Waals surface area contributed by atoms with Crippen molar-refractivity contribution in [3.63, 3.8) is 0 Å². The van der Waals surface area contributed by atoms with E-state index in [-0.39, 0.29) is 6.04 Å². The average Bonchev–Trinajstić information content (AvgIpc) is 2.40. The molecule has 2 rings (SSSR count). The summed E-state index contributed by atoms with van der Waals surface area (Å²) in [5, 5.41) is 0. The van der Waals surface area contributed by atoms with E-state index < -0.39 is 0 Å². The summed E-state index contributed by atoms with van der Waals surface area (Å²) in [7, 11) is 0. The Hall–Kier alpha value is -1.87. The van der Waals surface area contributed by atoms with Crippen molar-refractivity contribution in [2.45, 2.75) is 19.4 Å². The number of nitrogens with two attached hydrogens (primary N) is 1. The Labute approximate surface area is 108 Å². The molecule has 0 aliphatic heterocycles. The molecular formula is C15H18N2O. The highest BCUT2D eigenvalue weighted by molar-refractivity contribution is 5.28. The first-order valence-corrected chi connectivity index (χ1v) is 6.13. The summed E-state index contributed by atoms with van der Waals surface area (Å²) in [4.78, 5) is 4.07. The number of benzene rings is 1. The van der Waals surface area contributed by atoms with Crippen LogP contribution in [-0.2, 0) is 6.42 Å². The number of rotatable bonds is 5. The summed E-state index contributed by atoms with van der Waals surface area (Å²) in [6, 6.07) is 12.0. The number of hydrogen-bond donors (Lipinski definition) is 1. The van der Waals surface area contributed by atoms with Crippen LogP contribution in [0.3, 0.4) is 0 Å². The molecule has 3 nitrogen and oxygen atoms in total. The Morgan fingerprint density at radius 1 is 1.22 bits per heavy atom. The quantitative estimate of drug-likeness (QED) is 0.877. The van der Waals surface area contributed by atoms with Gasteiger partial charge in [-0.2, -0.15) is 0 Å². The van der Waals surface area contributed by atoms with Crippen LogP contribution in [0.25, 0.3) is 0 Å². The van der Waals surface area contributed by atoms with Crippen LogP contribution < -0.4 is 10.5 Å². The first kappa shape index (κ1) is 12.6. The number of aromatic nitrogens is 1. The third kappa shape index (κ3) is 3.57. The molecule has 0 saturated heterocycles. The third-order valence-corrected chi connectivity index (χ3v) is 2.79. The van der Waals surface area contributed by atoms with Gasteiger partial charge in [0.05, 0.1) is 6.61 Å². The first-order valence-electron chi connectivity index (χ1n) is 6.13. The van der Waals surface area contributed by atoms with Gasteiger partial charge in [0.1, 0.15) is 5.75 Å². The minimum Gasteiger partial charge on any atom is -0.493 e. The molecule has 18 heavy (non-hydrogen) atoms. The van der Waals surface area contributed by atoms with Gasteiger partial charge in [0.2, 0.25) is 0 Å². The van der Waals surface area contributed by atoms with E-state index in [0.29, 0.717) is 6.61 Å². The Morgan fingerprint density at radius 2 is 2.00 bits per heavy atom. The van der Waals surface area contributed by atoms with Gasteiger partial charge >= 0.3 is 0 Å². The van der Waals surface area contributed by atoms with Crippen LogP contribution >= 0.6 is 0 Å². The Morgan fingerprint density at radius 3 is 2.61 bits per heavy atom. The van der Waals surface area contributed by atoms with E-state index in [2.05, 4.69) is 11.1 Å². The molecular weight excluding hydrogens is 224 g/mol. The van der Waals surface area contributed by atoms with Crippen LogP contribution in [0, 0.1) is 0 Å². The number of ether oxygens (including phenoxy) is 1. The molecule has 1 aromatic heterocycles. The second-order valence-electron chi connectivity index (χ2n) is 4.32. The molecule has 94 valence electrons. The van der Waals surface area contributed by atoms with Crippen LogP contribution in [0.5, 0.6) is 5.75 Å². The van der Waals surface area contributed by atoms with E-state index in [4.69, 9.17) is 10.5 Å². The van der Waals surface area contributed by atoms with Gasteiger partial charge in [-0.15, -0.1) is 0 Å². The summed E-state index contributed by atoms with van der Waals surface area (Å²) >= 11 is 0. The minimum absolute atomic E-state index is 0.0643. The average molecular weight is 242 g/mol. The van der Waals surface area contributed by atoms with Gasteiger partial charge in [-0.3, -0.25) is 4.98 Å². The predicted molar refractivity (Wildman–Crippen MR) is 72.5 cm³/mol. The van der Waals surface area contributed by atoms with E-state index in [1.54, 1.807) is 6.20 Å². The van der Waals surface area contributed by atoms with E-state index in [1.807, 2.05) is 43.5 Å². The molecule has 0 radical (unpaired) electrons. The molecule has 0 fully saturated rings. The van der Waals surface area contributed by atoms with Crippen molar-refractivity contribution >= 4 is 0 Å². The molecule has 0 bridgehead atoms. The topological polar surface area (TPSA) is 48.1 Å². The summed E-state index contributed by atoms with van der Waals surface area (Å²) in [5.41, 5.74) is 8.10. The summed E-state index contributed by atoms with van der Waals surface area (Å²) in [5.74, 6) is 0.878. The van der Waals surface area contributed by atoms with Crippen LogP contribution in [0.2, 0.25) is 0 Å². The highest BCUT2D eigenvalue weighted by atomic mass is 16.5. The second-order valence-corrected chi connectivity index (χ2v) is 4.32. The Bertz CT molecular complexity index is 466. The normalized spacial score (nSPS) is 12.1. The molecule has 3 heteroatoms. The molecule has 1 atom stereocenters. The Balaban J connectivity index is 1.83. The third-order valence-electron chi connectivity index (χ3n) is 2.79. The fourth-order valence-corrected chi connectivity index (χ4v) is 1.70. The van der Waals surface area contributed by atoms with Crippen LogP contribution in [-0.4, -0.2) is 11.6 Å².